The van der Waals surface area contributed by atoms with Gasteiger partial charge in [0.05, 0.1) is 6.61 Å². The minimum atomic E-state index is -1.16. The number of esters is 1. The minimum absolute atomic E-state index is 0.123. The number of amides is 2. The summed E-state index contributed by atoms with van der Waals surface area (Å²) in [6.07, 6.45) is 2.42. The van der Waals surface area contributed by atoms with Crippen LogP contribution in [0.25, 0.3) is 0 Å². The first kappa shape index (κ1) is 23.7. The van der Waals surface area contributed by atoms with Gasteiger partial charge >= 0.3 is 12.1 Å². The number of ether oxygens (including phenoxy) is 2. The predicted octanol–water partition coefficient (Wildman–Crippen LogP) is 3.71. The van der Waals surface area contributed by atoms with E-state index >= 15 is 0 Å². The smallest absolute Gasteiger partial charge is 0.408 e. The molecule has 0 heterocycles. The van der Waals surface area contributed by atoms with Crippen LogP contribution in [0.3, 0.4) is 0 Å². The van der Waals surface area contributed by atoms with Crippen molar-refractivity contribution in [1.29, 1.82) is 0 Å². The molecule has 1 aliphatic carbocycles. The predicted molar refractivity (Wildman–Crippen MR) is 114 cm³/mol. The molecule has 1 aromatic rings. The highest BCUT2D eigenvalue weighted by molar-refractivity contribution is 5.94. The van der Waals surface area contributed by atoms with Crippen molar-refractivity contribution in [1.82, 2.24) is 10.6 Å². The summed E-state index contributed by atoms with van der Waals surface area (Å²) in [7, 11) is 0. The highest BCUT2D eigenvalue weighted by Crippen LogP contribution is 2.31. The fraction of sp³-hybridized carbons (Fsp3) is 0.609. The van der Waals surface area contributed by atoms with Gasteiger partial charge in [-0.3, -0.25) is 4.79 Å². The minimum Gasteiger partial charge on any atom is -0.464 e. The van der Waals surface area contributed by atoms with Gasteiger partial charge in [-0.1, -0.05) is 57.0 Å². The summed E-state index contributed by atoms with van der Waals surface area (Å²) >= 11 is 0. The van der Waals surface area contributed by atoms with Crippen molar-refractivity contribution >= 4 is 18.0 Å². The summed E-state index contributed by atoms with van der Waals surface area (Å²) in [4.78, 5) is 38.3. The van der Waals surface area contributed by atoms with Crippen LogP contribution in [0, 0.1) is 5.92 Å². The first-order chi connectivity index (χ1) is 14.2. The van der Waals surface area contributed by atoms with Crippen LogP contribution in [0.5, 0.6) is 0 Å². The van der Waals surface area contributed by atoms with Gasteiger partial charge in [-0.05, 0) is 44.6 Å². The van der Waals surface area contributed by atoms with Gasteiger partial charge in [-0.15, -0.1) is 0 Å². The number of benzene rings is 1. The maximum atomic E-state index is 13.3. The molecular formula is C23H34N2O5. The Morgan fingerprint density at radius 1 is 1.10 bits per heavy atom. The maximum absolute atomic E-state index is 13.3. The fourth-order valence-electron chi connectivity index (χ4n) is 4.00. The van der Waals surface area contributed by atoms with E-state index in [1.807, 2.05) is 44.2 Å². The molecule has 2 rings (SSSR count). The van der Waals surface area contributed by atoms with Crippen LogP contribution in [-0.4, -0.2) is 35.7 Å². The lowest BCUT2D eigenvalue weighted by molar-refractivity contribution is -0.154. The van der Waals surface area contributed by atoms with E-state index < -0.39 is 23.1 Å². The molecule has 0 spiro atoms. The van der Waals surface area contributed by atoms with Crippen molar-refractivity contribution in [2.75, 3.05) is 6.61 Å². The summed E-state index contributed by atoms with van der Waals surface area (Å²) in [6, 6.07) is 9.35. The molecule has 0 radical (unpaired) electrons. The summed E-state index contributed by atoms with van der Waals surface area (Å²) < 4.78 is 10.5. The third-order valence-corrected chi connectivity index (χ3v) is 5.38. The van der Waals surface area contributed by atoms with Gasteiger partial charge in [0, 0.05) is 0 Å². The molecule has 0 unspecified atom stereocenters. The normalized spacial score (nSPS) is 17.1. The Hall–Kier alpha value is -2.57. The van der Waals surface area contributed by atoms with Crippen LogP contribution in [0.15, 0.2) is 30.3 Å². The van der Waals surface area contributed by atoms with Crippen LogP contribution in [0.1, 0.15) is 65.4 Å². The number of nitrogens with one attached hydrogen (secondary N) is 2. The summed E-state index contributed by atoms with van der Waals surface area (Å²) in [5, 5.41) is 5.67. The van der Waals surface area contributed by atoms with Crippen molar-refractivity contribution in [3.63, 3.8) is 0 Å². The third kappa shape index (κ3) is 6.21. The monoisotopic (exact) mass is 418 g/mol. The Morgan fingerprint density at radius 2 is 1.73 bits per heavy atom. The molecule has 1 aliphatic rings. The Kier molecular flexibility index (Phi) is 8.26. The molecule has 0 aromatic heterocycles. The molecule has 7 nitrogen and oxygen atoms in total. The average molecular weight is 419 g/mol. The van der Waals surface area contributed by atoms with Crippen molar-refractivity contribution in [3.05, 3.63) is 35.9 Å². The van der Waals surface area contributed by atoms with Gasteiger partial charge in [-0.25, -0.2) is 9.59 Å². The number of hydrogen-bond donors (Lipinski definition) is 2. The van der Waals surface area contributed by atoms with E-state index in [0.717, 1.165) is 18.4 Å². The number of carbonyl (C=O) groups is 3. The molecular weight excluding hydrogens is 384 g/mol. The van der Waals surface area contributed by atoms with Crippen molar-refractivity contribution < 1.29 is 23.9 Å². The molecule has 1 saturated carbocycles. The first-order valence-corrected chi connectivity index (χ1v) is 10.7. The van der Waals surface area contributed by atoms with E-state index in [1.54, 1.807) is 13.8 Å². The van der Waals surface area contributed by atoms with Gasteiger partial charge in [-0.2, -0.15) is 0 Å². The lowest BCUT2D eigenvalue weighted by Gasteiger charge is -2.35. The molecule has 2 amide bonds. The van der Waals surface area contributed by atoms with Crippen LogP contribution in [-0.2, 0) is 25.7 Å². The zero-order valence-electron chi connectivity index (χ0n) is 18.5. The molecule has 0 aliphatic heterocycles. The molecule has 1 fully saturated rings. The first-order valence-electron chi connectivity index (χ1n) is 10.7. The number of carbonyl (C=O) groups excluding carboxylic acids is 3. The average Bonchev–Trinajstić information content (AvgIpc) is 3.16. The largest absolute Gasteiger partial charge is 0.464 e. The number of hydrogen-bond acceptors (Lipinski definition) is 5. The van der Waals surface area contributed by atoms with E-state index in [9.17, 15) is 14.4 Å². The Balaban J connectivity index is 2.09. The van der Waals surface area contributed by atoms with E-state index in [-0.39, 0.29) is 25.0 Å². The highest BCUT2D eigenvalue weighted by atomic mass is 16.5. The second kappa shape index (κ2) is 10.5. The standard InChI is InChI=1S/C23H34N2O5/c1-5-29-20(27)22(4,15-17(2)3)24-19(26)23(13-9-10-14-23)25-21(28)30-16-18-11-7-6-8-12-18/h6-8,11-12,17H,5,9-10,13-16H2,1-4H3,(H,24,26)(H,25,28)/t22-/m1/s1. The summed E-state index contributed by atoms with van der Waals surface area (Å²) in [5.74, 6) is -0.664. The zero-order valence-corrected chi connectivity index (χ0v) is 18.5. The molecule has 0 bridgehead atoms. The molecule has 1 atom stereocenters. The van der Waals surface area contributed by atoms with Gasteiger partial charge in [0.15, 0.2) is 0 Å². The lowest BCUT2D eigenvalue weighted by atomic mass is 9.88. The van der Waals surface area contributed by atoms with E-state index in [4.69, 9.17) is 9.47 Å². The van der Waals surface area contributed by atoms with Gasteiger partial charge in [0.25, 0.3) is 0 Å². The second-order valence-electron chi connectivity index (χ2n) is 8.58. The molecule has 7 heteroatoms. The van der Waals surface area contributed by atoms with E-state index in [1.165, 1.54) is 0 Å². The Labute approximate surface area is 178 Å². The van der Waals surface area contributed by atoms with Crippen LogP contribution in [0.2, 0.25) is 0 Å². The highest BCUT2D eigenvalue weighted by Gasteiger charge is 2.47. The molecule has 0 saturated heterocycles. The Bertz CT molecular complexity index is 728. The quantitative estimate of drug-likeness (QED) is 0.596. The van der Waals surface area contributed by atoms with Crippen LogP contribution >= 0.6 is 0 Å². The van der Waals surface area contributed by atoms with Crippen LogP contribution in [0.4, 0.5) is 4.79 Å². The number of rotatable bonds is 9. The van der Waals surface area contributed by atoms with Gasteiger partial charge in [0.1, 0.15) is 17.7 Å². The maximum Gasteiger partial charge on any atom is 0.408 e. The fourth-order valence-corrected chi connectivity index (χ4v) is 4.00. The number of alkyl carbamates (subject to hydrolysis) is 1. The topological polar surface area (TPSA) is 93.7 Å². The van der Waals surface area contributed by atoms with E-state index in [2.05, 4.69) is 10.6 Å². The van der Waals surface area contributed by atoms with Crippen LogP contribution < -0.4 is 10.6 Å². The summed E-state index contributed by atoms with van der Waals surface area (Å²) in [6.45, 7) is 7.73. The molecule has 2 N–H and O–H groups in total. The van der Waals surface area contributed by atoms with Crippen molar-refractivity contribution in [2.24, 2.45) is 5.92 Å². The summed E-state index contributed by atoms with van der Waals surface area (Å²) in [5.41, 5.74) is -1.38. The Morgan fingerprint density at radius 3 is 2.30 bits per heavy atom. The van der Waals surface area contributed by atoms with Gasteiger partial charge in [0.2, 0.25) is 5.91 Å². The van der Waals surface area contributed by atoms with Crippen molar-refractivity contribution in [3.8, 4) is 0 Å². The van der Waals surface area contributed by atoms with Gasteiger partial charge < -0.3 is 20.1 Å². The lowest BCUT2D eigenvalue weighted by Crippen LogP contribution is -2.64. The molecule has 1 aromatic carbocycles. The SMILES string of the molecule is CCOC(=O)[C@@](C)(CC(C)C)NC(=O)C1(NC(=O)OCc2ccccc2)CCCC1. The van der Waals surface area contributed by atoms with E-state index in [0.29, 0.717) is 19.3 Å². The zero-order chi connectivity index (χ0) is 22.2. The van der Waals surface area contributed by atoms with Crippen molar-refractivity contribution in [2.45, 2.75) is 77.5 Å². The third-order valence-electron chi connectivity index (χ3n) is 5.38. The molecule has 30 heavy (non-hydrogen) atoms. The molecule has 166 valence electrons. The second-order valence-corrected chi connectivity index (χ2v) is 8.58.